The summed E-state index contributed by atoms with van der Waals surface area (Å²) in [6.07, 6.45) is -0.698. The van der Waals surface area contributed by atoms with Gasteiger partial charge in [0, 0.05) is 12.1 Å². The van der Waals surface area contributed by atoms with Crippen LogP contribution in [-0.4, -0.2) is 16.6 Å². The molecule has 7 nitrogen and oxygen atoms in total. The topological polar surface area (TPSA) is 90.7 Å². The first-order valence-electron chi connectivity index (χ1n) is 8.08. The van der Waals surface area contributed by atoms with Gasteiger partial charge in [0.05, 0.1) is 16.7 Å². The van der Waals surface area contributed by atoms with Crippen molar-refractivity contribution in [3.8, 4) is 11.5 Å². The number of aryl methyl sites for hydroxylation is 2. The third-order valence-corrected chi connectivity index (χ3v) is 3.32. The zero-order chi connectivity index (χ0) is 19.5. The normalized spacial score (nSPS) is 11.0. The fourth-order valence-corrected chi connectivity index (χ4v) is 2.19. The molecule has 0 aliphatic heterocycles. The molecule has 2 rings (SSSR count). The summed E-state index contributed by atoms with van der Waals surface area (Å²) in [5.74, 6) is 0.840. The number of hydrogen-bond acceptors (Lipinski definition) is 5. The van der Waals surface area contributed by atoms with Gasteiger partial charge in [-0.1, -0.05) is 12.1 Å². The number of nitro groups is 1. The summed E-state index contributed by atoms with van der Waals surface area (Å²) < 4.78 is 11.0. The fraction of sp³-hybridized carbons (Fsp3) is 0.316. The van der Waals surface area contributed by atoms with Crippen LogP contribution in [0.5, 0.6) is 11.5 Å². The molecule has 0 heterocycles. The smallest absolute Gasteiger partial charge is 0.412 e. The highest BCUT2D eigenvalue weighted by Crippen LogP contribution is 2.31. The number of rotatable bonds is 4. The average Bonchev–Trinajstić information content (AvgIpc) is 2.48. The van der Waals surface area contributed by atoms with Gasteiger partial charge in [-0.25, -0.2) is 4.79 Å². The predicted molar refractivity (Wildman–Crippen MR) is 98.9 cm³/mol. The third kappa shape index (κ3) is 5.47. The number of amides is 1. The maximum atomic E-state index is 11.9. The van der Waals surface area contributed by atoms with Gasteiger partial charge in [-0.15, -0.1) is 0 Å². The Kier molecular flexibility index (Phi) is 5.50. The van der Waals surface area contributed by atoms with Crippen LogP contribution in [-0.2, 0) is 4.74 Å². The number of benzene rings is 2. The minimum absolute atomic E-state index is 0.195. The molecule has 2 aromatic carbocycles. The summed E-state index contributed by atoms with van der Waals surface area (Å²) in [7, 11) is 0. The minimum Gasteiger partial charge on any atom is -0.457 e. The number of carbonyl (C=O) groups is 1. The van der Waals surface area contributed by atoms with Crippen LogP contribution in [0.15, 0.2) is 36.4 Å². The molecule has 0 aliphatic rings. The van der Waals surface area contributed by atoms with Crippen molar-refractivity contribution in [3.63, 3.8) is 0 Å². The molecule has 0 bridgehead atoms. The molecular formula is C19H22N2O5. The van der Waals surface area contributed by atoms with Crippen molar-refractivity contribution in [2.75, 3.05) is 5.32 Å². The van der Waals surface area contributed by atoms with Gasteiger partial charge in [0.1, 0.15) is 17.1 Å². The van der Waals surface area contributed by atoms with E-state index in [4.69, 9.17) is 9.47 Å². The van der Waals surface area contributed by atoms with E-state index < -0.39 is 16.6 Å². The minimum atomic E-state index is -0.698. The van der Waals surface area contributed by atoms with Crippen LogP contribution in [0, 0.1) is 24.0 Å². The molecule has 0 atom stereocenters. The fourth-order valence-electron chi connectivity index (χ4n) is 2.19. The number of carbonyl (C=O) groups excluding carboxylic acids is 1. The Morgan fingerprint density at radius 1 is 1.12 bits per heavy atom. The SMILES string of the molecule is Cc1ccc(C)c(Oc2cc(NC(=O)OC(C)(C)C)cc([N+](=O)[O-])c2)c1. The lowest BCUT2D eigenvalue weighted by atomic mass is 10.1. The molecule has 0 saturated carbocycles. The highest BCUT2D eigenvalue weighted by molar-refractivity contribution is 5.85. The number of non-ortho nitro benzene ring substituents is 1. The summed E-state index contributed by atoms with van der Waals surface area (Å²) >= 11 is 0. The van der Waals surface area contributed by atoms with Crippen molar-refractivity contribution in [3.05, 3.63) is 57.6 Å². The van der Waals surface area contributed by atoms with Crippen LogP contribution < -0.4 is 10.1 Å². The average molecular weight is 358 g/mol. The van der Waals surface area contributed by atoms with Gasteiger partial charge >= 0.3 is 6.09 Å². The lowest BCUT2D eigenvalue weighted by Gasteiger charge is -2.19. The van der Waals surface area contributed by atoms with E-state index in [1.54, 1.807) is 20.8 Å². The van der Waals surface area contributed by atoms with Gasteiger partial charge in [0.2, 0.25) is 0 Å². The number of hydrogen-bond donors (Lipinski definition) is 1. The maximum absolute atomic E-state index is 11.9. The largest absolute Gasteiger partial charge is 0.457 e. The van der Waals surface area contributed by atoms with Gasteiger partial charge in [0.15, 0.2) is 0 Å². The summed E-state index contributed by atoms with van der Waals surface area (Å²) in [4.78, 5) is 22.6. The monoisotopic (exact) mass is 358 g/mol. The second-order valence-corrected chi connectivity index (χ2v) is 6.97. The first-order chi connectivity index (χ1) is 12.0. The molecule has 0 radical (unpaired) electrons. The van der Waals surface area contributed by atoms with Crippen molar-refractivity contribution < 1.29 is 19.2 Å². The number of nitro benzene ring substituents is 1. The van der Waals surface area contributed by atoms with E-state index >= 15 is 0 Å². The Balaban J connectivity index is 2.32. The molecule has 0 aromatic heterocycles. The van der Waals surface area contributed by atoms with Crippen molar-refractivity contribution >= 4 is 17.5 Å². The van der Waals surface area contributed by atoms with E-state index in [0.717, 1.165) is 11.1 Å². The first kappa shape index (κ1) is 19.2. The van der Waals surface area contributed by atoms with Crippen LogP contribution in [0.4, 0.5) is 16.2 Å². The Bertz CT molecular complexity index is 840. The van der Waals surface area contributed by atoms with E-state index in [0.29, 0.717) is 5.75 Å². The lowest BCUT2D eigenvalue weighted by molar-refractivity contribution is -0.384. The zero-order valence-electron chi connectivity index (χ0n) is 15.5. The predicted octanol–water partition coefficient (Wildman–Crippen LogP) is 5.35. The number of nitrogens with zero attached hydrogens (tertiary/aromatic N) is 1. The summed E-state index contributed by atoms with van der Waals surface area (Å²) in [6.45, 7) is 9.00. The van der Waals surface area contributed by atoms with Crippen molar-refractivity contribution in [1.82, 2.24) is 0 Å². The number of nitrogens with one attached hydrogen (secondary N) is 1. The van der Waals surface area contributed by atoms with Crippen LogP contribution in [0.1, 0.15) is 31.9 Å². The lowest BCUT2D eigenvalue weighted by Crippen LogP contribution is -2.27. The molecule has 0 spiro atoms. The van der Waals surface area contributed by atoms with Crippen LogP contribution in [0.3, 0.4) is 0 Å². The molecule has 1 amide bonds. The van der Waals surface area contributed by atoms with Gasteiger partial charge in [0.25, 0.3) is 5.69 Å². The quantitative estimate of drug-likeness (QED) is 0.587. The molecule has 0 saturated heterocycles. The molecule has 2 aromatic rings. The van der Waals surface area contributed by atoms with Gasteiger partial charge in [-0.05, 0) is 51.8 Å². The summed E-state index contributed by atoms with van der Waals surface area (Å²) in [5.41, 5.74) is 1.24. The zero-order valence-corrected chi connectivity index (χ0v) is 15.5. The Morgan fingerprint density at radius 3 is 2.42 bits per heavy atom. The van der Waals surface area contributed by atoms with E-state index in [9.17, 15) is 14.9 Å². The van der Waals surface area contributed by atoms with Crippen LogP contribution >= 0.6 is 0 Å². The molecule has 26 heavy (non-hydrogen) atoms. The van der Waals surface area contributed by atoms with E-state index in [2.05, 4.69) is 5.32 Å². The molecule has 138 valence electrons. The molecule has 0 unspecified atom stereocenters. The molecule has 0 fully saturated rings. The molecule has 7 heteroatoms. The van der Waals surface area contributed by atoms with Crippen molar-refractivity contribution in [1.29, 1.82) is 0 Å². The standard InChI is InChI=1S/C19H22N2O5/c1-12-6-7-13(2)17(8-12)25-16-10-14(9-15(11-16)21(23)24)20-18(22)26-19(3,4)5/h6-11H,1-5H3,(H,20,22). The second kappa shape index (κ2) is 7.43. The molecule has 0 aliphatic carbocycles. The highest BCUT2D eigenvalue weighted by atomic mass is 16.6. The van der Waals surface area contributed by atoms with Gasteiger partial charge in [-0.3, -0.25) is 15.4 Å². The summed E-state index contributed by atoms with van der Waals surface area (Å²) in [6, 6.07) is 9.77. The Labute approximate surface area is 152 Å². The maximum Gasteiger partial charge on any atom is 0.412 e. The number of ether oxygens (including phenoxy) is 2. The van der Waals surface area contributed by atoms with E-state index in [1.165, 1.54) is 18.2 Å². The Morgan fingerprint density at radius 2 is 1.81 bits per heavy atom. The first-order valence-corrected chi connectivity index (χ1v) is 8.08. The van der Waals surface area contributed by atoms with E-state index in [-0.39, 0.29) is 17.1 Å². The van der Waals surface area contributed by atoms with Crippen LogP contribution in [0.2, 0.25) is 0 Å². The van der Waals surface area contributed by atoms with Gasteiger partial charge in [-0.2, -0.15) is 0 Å². The number of anilines is 1. The van der Waals surface area contributed by atoms with E-state index in [1.807, 2.05) is 32.0 Å². The third-order valence-electron chi connectivity index (χ3n) is 3.32. The van der Waals surface area contributed by atoms with Crippen molar-refractivity contribution in [2.24, 2.45) is 0 Å². The Hall–Kier alpha value is -3.09. The highest BCUT2D eigenvalue weighted by Gasteiger charge is 2.18. The van der Waals surface area contributed by atoms with Crippen LogP contribution in [0.25, 0.3) is 0 Å². The summed E-state index contributed by atoms with van der Waals surface area (Å²) in [5, 5.41) is 13.7. The molecular weight excluding hydrogens is 336 g/mol. The van der Waals surface area contributed by atoms with Gasteiger partial charge < -0.3 is 9.47 Å². The van der Waals surface area contributed by atoms with Crippen molar-refractivity contribution in [2.45, 2.75) is 40.2 Å². The molecule has 1 N–H and O–H groups in total. The second-order valence-electron chi connectivity index (χ2n) is 6.97.